The molecule has 0 aliphatic rings. The van der Waals surface area contributed by atoms with Crippen molar-refractivity contribution in [2.75, 3.05) is 5.32 Å². The van der Waals surface area contributed by atoms with Crippen molar-refractivity contribution in [2.45, 2.75) is 33.7 Å². The van der Waals surface area contributed by atoms with Gasteiger partial charge in [-0.05, 0) is 36.1 Å². The molecule has 0 saturated carbocycles. The number of aryl methyl sites for hydroxylation is 1. The Morgan fingerprint density at radius 1 is 1.32 bits per heavy atom. The average molecular weight is 264 g/mol. The van der Waals surface area contributed by atoms with Crippen LogP contribution < -0.4 is 11.1 Å². The van der Waals surface area contributed by atoms with Crippen LogP contribution in [-0.4, -0.2) is 23.0 Å². The van der Waals surface area contributed by atoms with Crippen LogP contribution in [0.25, 0.3) is 0 Å². The number of carbonyl (C=O) groups is 2. The molecule has 0 heterocycles. The molecule has 0 radical (unpaired) electrons. The van der Waals surface area contributed by atoms with Gasteiger partial charge in [0.15, 0.2) is 0 Å². The van der Waals surface area contributed by atoms with Crippen LogP contribution in [0, 0.1) is 12.3 Å². The van der Waals surface area contributed by atoms with Crippen molar-refractivity contribution >= 4 is 17.6 Å². The normalized spacial score (nSPS) is 12.9. The molecule has 0 saturated heterocycles. The summed E-state index contributed by atoms with van der Waals surface area (Å²) >= 11 is 0. The summed E-state index contributed by atoms with van der Waals surface area (Å²) in [7, 11) is 0. The Balaban J connectivity index is 2.89. The smallest absolute Gasteiger partial charge is 0.335 e. The summed E-state index contributed by atoms with van der Waals surface area (Å²) in [5.74, 6) is -1.27. The zero-order valence-corrected chi connectivity index (χ0v) is 11.7. The zero-order valence-electron chi connectivity index (χ0n) is 11.7. The molecule has 1 aromatic carbocycles. The van der Waals surface area contributed by atoms with E-state index in [0.717, 1.165) is 0 Å². The number of aromatic carboxylic acids is 1. The fourth-order valence-electron chi connectivity index (χ4n) is 1.54. The highest BCUT2D eigenvalue weighted by atomic mass is 16.4. The SMILES string of the molecule is Cc1cc(C(=O)O)ccc1NC(=O)[C@@H](N)C(C)(C)C. The number of carboxylic acids is 1. The third kappa shape index (κ3) is 3.79. The first-order valence-corrected chi connectivity index (χ1v) is 6.03. The van der Waals surface area contributed by atoms with E-state index in [9.17, 15) is 9.59 Å². The summed E-state index contributed by atoms with van der Waals surface area (Å²) in [4.78, 5) is 22.8. The van der Waals surface area contributed by atoms with E-state index in [1.807, 2.05) is 20.8 Å². The molecule has 0 unspecified atom stereocenters. The first kappa shape index (κ1) is 15.2. The number of carbonyl (C=O) groups excluding carboxylic acids is 1. The second-order valence-corrected chi connectivity index (χ2v) is 5.67. The monoisotopic (exact) mass is 264 g/mol. The summed E-state index contributed by atoms with van der Waals surface area (Å²) in [5, 5.41) is 11.6. The molecule has 1 rings (SSSR count). The van der Waals surface area contributed by atoms with Crippen molar-refractivity contribution in [3.05, 3.63) is 29.3 Å². The number of rotatable bonds is 3. The van der Waals surface area contributed by atoms with E-state index in [4.69, 9.17) is 10.8 Å². The van der Waals surface area contributed by atoms with Crippen molar-refractivity contribution in [3.63, 3.8) is 0 Å². The summed E-state index contributed by atoms with van der Waals surface area (Å²) in [6, 6.07) is 3.91. The predicted octanol–water partition coefficient (Wildman–Crippen LogP) is 2.01. The highest BCUT2D eigenvalue weighted by molar-refractivity contribution is 5.96. The largest absolute Gasteiger partial charge is 0.478 e. The van der Waals surface area contributed by atoms with Gasteiger partial charge in [0.2, 0.25) is 5.91 Å². The standard InChI is InChI=1S/C14H20N2O3/c1-8-7-9(13(18)19)5-6-10(8)16-12(17)11(15)14(2,3)4/h5-7,11H,15H2,1-4H3,(H,16,17)(H,18,19)/t11-/m1/s1. The summed E-state index contributed by atoms with van der Waals surface area (Å²) < 4.78 is 0. The third-order valence-corrected chi connectivity index (χ3v) is 2.95. The van der Waals surface area contributed by atoms with Gasteiger partial charge in [-0.2, -0.15) is 0 Å². The Morgan fingerprint density at radius 3 is 2.32 bits per heavy atom. The van der Waals surface area contributed by atoms with Crippen molar-refractivity contribution in [3.8, 4) is 0 Å². The van der Waals surface area contributed by atoms with Gasteiger partial charge in [0.1, 0.15) is 0 Å². The molecule has 5 heteroatoms. The first-order valence-electron chi connectivity index (χ1n) is 6.03. The van der Waals surface area contributed by atoms with E-state index >= 15 is 0 Å². The van der Waals surface area contributed by atoms with Crippen LogP contribution in [0.5, 0.6) is 0 Å². The molecular weight excluding hydrogens is 244 g/mol. The molecule has 104 valence electrons. The topological polar surface area (TPSA) is 92.4 Å². The average Bonchev–Trinajstić information content (AvgIpc) is 2.29. The predicted molar refractivity (Wildman–Crippen MR) is 74.2 cm³/mol. The minimum Gasteiger partial charge on any atom is -0.478 e. The maximum atomic E-state index is 12.0. The van der Waals surface area contributed by atoms with E-state index < -0.39 is 12.0 Å². The maximum absolute atomic E-state index is 12.0. The number of nitrogens with one attached hydrogen (secondary N) is 1. The minimum absolute atomic E-state index is 0.190. The van der Waals surface area contributed by atoms with Crippen molar-refractivity contribution in [2.24, 2.45) is 11.1 Å². The quantitative estimate of drug-likeness (QED) is 0.778. The van der Waals surface area contributed by atoms with E-state index in [2.05, 4.69) is 5.32 Å². The molecule has 0 spiro atoms. The molecule has 19 heavy (non-hydrogen) atoms. The number of carboxylic acid groups (broad SMARTS) is 1. The summed E-state index contributed by atoms with van der Waals surface area (Å²) in [5.41, 5.74) is 6.99. The number of anilines is 1. The van der Waals surface area contributed by atoms with Crippen molar-refractivity contribution in [1.29, 1.82) is 0 Å². The Morgan fingerprint density at radius 2 is 1.89 bits per heavy atom. The van der Waals surface area contributed by atoms with Gasteiger partial charge in [-0.15, -0.1) is 0 Å². The van der Waals surface area contributed by atoms with E-state index in [-0.39, 0.29) is 16.9 Å². The lowest BCUT2D eigenvalue weighted by Crippen LogP contribution is -2.45. The summed E-state index contributed by atoms with van der Waals surface area (Å²) in [6.07, 6.45) is 0. The van der Waals surface area contributed by atoms with Gasteiger partial charge < -0.3 is 16.2 Å². The molecular formula is C14H20N2O3. The van der Waals surface area contributed by atoms with Gasteiger partial charge in [-0.3, -0.25) is 4.79 Å². The molecule has 0 bridgehead atoms. The highest BCUT2D eigenvalue weighted by Crippen LogP contribution is 2.21. The lowest BCUT2D eigenvalue weighted by molar-refractivity contribution is -0.119. The van der Waals surface area contributed by atoms with E-state index in [0.29, 0.717) is 11.3 Å². The summed E-state index contributed by atoms with van der Waals surface area (Å²) in [6.45, 7) is 7.40. The van der Waals surface area contributed by atoms with Crippen LogP contribution >= 0.6 is 0 Å². The molecule has 4 N–H and O–H groups in total. The number of hydrogen-bond acceptors (Lipinski definition) is 3. The second-order valence-electron chi connectivity index (χ2n) is 5.67. The number of hydrogen-bond donors (Lipinski definition) is 3. The van der Waals surface area contributed by atoms with Crippen LogP contribution in [0.1, 0.15) is 36.7 Å². The van der Waals surface area contributed by atoms with Gasteiger partial charge in [0.05, 0.1) is 11.6 Å². The Kier molecular flexibility index (Phi) is 4.32. The molecule has 0 aromatic heterocycles. The fourth-order valence-corrected chi connectivity index (χ4v) is 1.54. The van der Waals surface area contributed by atoms with Gasteiger partial charge >= 0.3 is 5.97 Å². The maximum Gasteiger partial charge on any atom is 0.335 e. The fraction of sp³-hybridized carbons (Fsp3) is 0.429. The molecule has 1 atom stereocenters. The Labute approximate surface area is 112 Å². The highest BCUT2D eigenvalue weighted by Gasteiger charge is 2.27. The Bertz CT molecular complexity index is 504. The van der Waals surface area contributed by atoms with Crippen LogP contribution in [0.3, 0.4) is 0 Å². The van der Waals surface area contributed by atoms with Gasteiger partial charge in [0.25, 0.3) is 0 Å². The first-order chi connectivity index (χ1) is 8.62. The van der Waals surface area contributed by atoms with E-state index in [1.165, 1.54) is 12.1 Å². The Hall–Kier alpha value is -1.88. The number of benzene rings is 1. The number of nitrogens with two attached hydrogens (primary N) is 1. The minimum atomic E-state index is -0.993. The van der Waals surface area contributed by atoms with Crippen molar-refractivity contribution in [1.82, 2.24) is 0 Å². The number of amides is 1. The van der Waals surface area contributed by atoms with Crippen LogP contribution in [-0.2, 0) is 4.79 Å². The van der Waals surface area contributed by atoms with Crippen LogP contribution in [0.15, 0.2) is 18.2 Å². The third-order valence-electron chi connectivity index (χ3n) is 2.95. The van der Waals surface area contributed by atoms with Gasteiger partial charge in [0, 0.05) is 5.69 Å². The van der Waals surface area contributed by atoms with Crippen LogP contribution in [0.2, 0.25) is 0 Å². The molecule has 5 nitrogen and oxygen atoms in total. The van der Waals surface area contributed by atoms with Crippen molar-refractivity contribution < 1.29 is 14.7 Å². The van der Waals surface area contributed by atoms with Gasteiger partial charge in [-0.25, -0.2) is 4.79 Å². The second kappa shape index (κ2) is 5.40. The van der Waals surface area contributed by atoms with E-state index in [1.54, 1.807) is 13.0 Å². The lowest BCUT2D eigenvalue weighted by atomic mass is 9.87. The lowest BCUT2D eigenvalue weighted by Gasteiger charge is -2.26. The van der Waals surface area contributed by atoms with Gasteiger partial charge in [-0.1, -0.05) is 20.8 Å². The molecule has 0 aliphatic heterocycles. The zero-order chi connectivity index (χ0) is 14.8. The van der Waals surface area contributed by atoms with Crippen LogP contribution in [0.4, 0.5) is 5.69 Å². The molecule has 0 aliphatic carbocycles. The molecule has 0 fully saturated rings. The molecule has 1 amide bonds. The molecule has 1 aromatic rings.